The highest BCUT2D eigenvalue weighted by Gasteiger charge is 2.41. The molecule has 6 heteroatoms. The predicted octanol–water partition coefficient (Wildman–Crippen LogP) is 1.85. The molecule has 1 aliphatic heterocycles. The minimum atomic E-state index is -0.481. The van der Waals surface area contributed by atoms with Gasteiger partial charge in [0.1, 0.15) is 0 Å². The maximum Gasteiger partial charge on any atom is 0.230 e. The molecule has 23 heavy (non-hydrogen) atoms. The zero-order valence-corrected chi connectivity index (χ0v) is 15.2. The molecule has 1 amide bonds. The van der Waals surface area contributed by atoms with Crippen LogP contribution >= 0.6 is 15.9 Å². The first-order valence-electron chi connectivity index (χ1n) is 8.01. The standard InChI is InChI=1S/C17H25BrN2O3/c1-22-13-10-19-8-9-20-16(21)17(6-11-23-12-7-17)14-2-4-15(18)5-3-14/h2-5,19H,6-13H2,1H3,(H,20,21). The van der Waals surface area contributed by atoms with Crippen molar-refractivity contribution in [1.82, 2.24) is 10.6 Å². The Hall–Kier alpha value is -0.950. The maximum absolute atomic E-state index is 12.9. The largest absolute Gasteiger partial charge is 0.383 e. The predicted molar refractivity (Wildman–Crippen MR) is 93.6 cm³/mol. The summed E-state index contributed by atoms with van der Waals surface area (Å²) in [6.07, 6.45) is 1.44. The number of methoxy groups -OCH3 is 1. The normalized spacial score (nSPS) is 17.0. The van der Waals surface area contributed by atoms with Crippen LogP contribution < -0.4 is 10.6 Å². The number of amides is 1. The van der Waals surface area contributed by atoms with E-state index in [0.717, 1.165) is 36.0 Å². The SMILES string of the molecule is COCCNCCNC(=O)C1(c2ccc(Br)cc2)CCOCC1. The lowest BCUT2D eigenvalue weighted by Gasteiger charge is -2.36. The van der Waals surface area contributed by atoms with Gasteiger partial charge in [-0.25, -0.2) is 0 Å². The van der Waals surface area contributed by atoms with Crippen LogP contribution in [0.5, 0.6) is 0 Å². The van der Waals surface area contributed by atoms with E-state index in [1.54, 1.807) is 7.11 Å². The third-order valence-corrected chi connectivity index (χ3v) is 4.78. The van der Waals surface area contributed by atoms with E-state index < -0.39 is 5.41 Å². The molecule has 0 aromatic heterocycles. The Morgan fingerprint density at radius 2 is 1.91 bits per heavy atom. The van der Waals surface area contributed by atoms with Crippen LogP contribution in [0.15, 0.2) is 28.7 Å². The molecule has 0 saturated carbocycles. The topological polar surface area (TPSA) is 59.6 Å². The summed E-state index contributed by atoms with van der Waals surface area (Å²) in [5.41, 5.74) is 0.583. The van der Waals surface area contributed by atoms with Gasteiger partial charge in [0.2, 0.25) is 5.91 Å². The first-order valence-corrected chi connectivity index (χ1v) is 8.80. The van der Waals surface area contributed by atoms with E-state index in [1.807, 2.05) is 24.3 Å². The van der Waals surface area contributed by atoms with E-state index in [4.69, 9.17) is 9.47 Å². The maximum atomic E-state index is 12.9. The number of carbonyl (C=O) groups is 1. The molecule has 1 aliphatic rings. The summed E-state index contributed by atoms with van der Waals surface area (Å²) in [4.78, 5) is 12.9. The molecule has 1 saturated heterocycles. The lowest BCUT2D eigenvalue weighted by Crippen LogP contribution is -2.49. The highest BCUT2D eigenvalue weighted by molar-refractivity contribution is 9.10. The van der Waals surface area contributed by atoms with Gasteiger partial charge in [0.05, 0.1) is 12.0 Å². The Balaban J connectivity index is 1.97. The Labute approximate surface area is 146 Å². The molecule has 0 spiro atoms. The summed E-state index contributed by atoms with van der Waals surface area (Å²) in [7, 11) is 1.68. The number of halogens is 1. The summed E-state index contributed by atoms with van der Waals surface area (Å²) in [5.74, 6) is 0.0941. The molecule has 0 bridgehead atoms. The molecule has 0 aliphatic carbocycles. The van der Waals surface area contributed by atoms with Crippen LogP contribution in [0.1, 0.15) is 18.4 Å². The highest BCUT2D eigenvalue weighted by Crippen LogP contribution is 2.35. The number of nitrogens with one attached hydrogen (secondary N) is 2. The van der Waals surface area contributed by atoms with Crippen LogP contribution in [0.4, 0.5) is 0 Å². The van der Waals surface area contributed by atoms with E-state index in [-0.39, 0.29) is 5.91 Å². The van der Waals surface area contributed by atoms with Gasteiger partial charge in [-0.1, -0.05) is 28.1 Å². The van der Waals surface area contributed by atoms with Crippen LogP contribution in [0.3, 0.4) is 0 Å². The van der Waals surface area contributed by atoms with Crippen LogP contribution in [0.25, 0.3) is 0 Å². The molecule has 0 atom stereocenters. The lowest BCUT2D eigenvalue weighted by molar-refractivity contribution is -0.130. The van der Waals surface area contributed by atoms with Crippen molar-refractivity contribution in [2.45, 2.75) is 18.3 Å². The van der Waals surface area contributed by atoms with Crippen LogP contribution in [-0.4, -0.2) is 52.5 Å². The van der Waals surface area contributed by atoms with Gasteiger partial charge < -0.3 is 20.1 Å². The highest BCUT2D eigenvalue weighted by atomic mass is 79.9. The van der Waals surface area contributed by atoms with Crippen LogP contribution in [0.2, 0.25) is 0 Å². The van der Waals surface area contributed by atoms with Crippen molar-refractivity contribution >= 4 is 21.8 Å². The summed E-state index contributed by atoms with van der Waals surface area (Å²) < 4.78 is 11.5. The molecule has 2 N–H and O–H groups in total. The molecule has 128 valence electrons. The monoisotopic (exact) mass is 384 g/mol. The Morgan fingerprint density at radius 3 is 2.57 bits per heavy atom. The molecule has 2 rings (SSSR count). The zero-order valence-electron chi connectivity index (χ0n) is 13.6. The van der Waals surface area contributed by atoms with Crippen molar-refractivity contribution in [3.63, 3.8) is 0 Å². The summed E-state index contributed by atoms with van der Waals surface area (Å²) >= 11 is 3.45. The zero-order chi connectivity index (χ0) is 16.5. The van der Waals surface area contributed by atoms with Gasteiger partial charge in [-0.2, -0.15) is 0 Å². The quantitative estimate of drug-likeness (QED) is 0.671. The van der Waals surface area contributed by atoms with Gasteiger partial charge in [-0.3, -0.25) is 4.79 Å². The Morgan fingerprint density at radius 1 is 1.22 bits per heavy atom. The molecule has 0 unspecified atom stereocenters. The summed E-state index contributed by atoms with van der Waals surface area (Å²) in [5, 5.41) is 6.31. The van der Waals surface area contributed by atoms with Crippen molar-refractivity contribution < 1.29 is 14.3 Å². The van der Waals surface area contributed by atoms with Gasteiger partial charge in [-0.15, -0.1) is 0 Å². The third kappa shape index (κ3) is 5.01. The van der Waals surface area contributed by atoms with Crippen molar-refractivity contribution in [2.75, 3.05) is 46.6 Å². The van der Waals surface area contributed by atoms with Gasteiger partial charge >= 0.3 is 0 Å². The fraction of sp³-hybridized carbons (Fsp3) is 0.588. The first kappa shape index (κ1) is 18.4. The van der Waals surface area contributed by atoms with Crippen molar-refractivity contribution in [1.29, 1.82) is 0 Å². The van der Waals surface area contributed by atoms with Gasteiger partial charge in [0, 0.05) is 44.4 Å². The summed E-state index contributed by atoms with van der Waals surface area (Å²) in [6.45, 7) is 4.06. The minimum absolute atomic E-state index is 0.0941. The molecule has 1 heterocycles. The van der Waals surface area contributed by atoms with E-state index in [1.165, 1.54) is 0 Å². The minimum Gasteiger partial charge on any atom is -0.383 e. The molecule has 5 nitrogen and oxygen atoms in total. The third-order valence-electron chi connectivity index (χ3n) is 4.25. The number of hydrogen-bond acceptors (Lipinski definition) is 4. The fourth-order valence-electron chi connectivity index (χ4n) is 2.87. The van der Waals surface area contributed by atoms with Crippen LogP contribution in [-0.2, 0) is 19.7 Å². The average Bonchev–Trinajstić information content (AvgIpc) is 2.59. The van der Waals surface area contributed by atoms with Crippen molar-refractivity contribution in [3.05, 3.63) is 34.3 Å². The molecule has 1 aromatic rings. The van der Waals surface area contributed by atoms with E-state index in [2.05, 4.69) is 26.6 Å². The van der Waals surface area contributed by atoms with Gasteiger partial charge in [0.15, 0.2) is 0 Å². The molecule has 1 aromatic carbocycles. The first-order chi connectivity index (χ1) is 11.2. The number of carbonyl (C=O) groups excluding carboxylic acids is 1. The number of hydrogen-bond donors (Lipinski definition) is 2. The second kappa shape index (κ2) is 9.37. The van der Waals surface area contributed by atoms with E-state index in [9.17, 15) is 4.79 Å². The molecule has 1 fully saturated rings. The van der Waals surface area contributed by atoms with Crippen molar-refractivity contribution in [3.8, 4) is 0 Å². The lowest BCUT2D eigenvalue weighted by atomic mass is 9.73. The summed E-state index contributed by atoms with van der Waals surface area (Å²) in [6, 6.07) is 8.05. The van der Waals surface area contributed by atoms with Gasteiger partial charge in [-0.05, 0) is 30.5 Å². The van der Waals surface area contributed by atoms with Crippen LogP contribution in [0, 0.1) is 0 Å². The number of ether oxygens (including phenoxy) is 2. The Kier molecular flexibility index (Phi) is 7.49. The molecule has 0 radical (unpaired) electrons. The fourth-order valence-corrected chi connectivity index (χ4v) is 3.13. The smallest absolute Gasteiger partial charge is 0.230 e. The molecular formula is C17H25BrN2O3. The van der Waals surface area contributed by atoms with E-state index >= 15 is 0 Å². The number of benzene rings is 1. The second-order valence-electron chi connectivity index (χ2n) is 5.70. The molecular weight excluding hydrogens is 360 g/mol. The average molecular weight is 385 g/mol. The van der Waals surface area contributed by atoms with E-state index in [0.29, 0.717) is 26.4 Å². The van der Waals surface area contributed by atoms with Crippen molar-refractivity contribution in [2.24, 2.45) is 0 Å². The second-order valence-corrected chi connectivity index (χ2v) is 6.62. The van der Waals surface area contributed by atoms with Gasteiger partial charge in [0.25, 0.3) is 0 Å². The number of rotatable bonds is 8. The Bertz CT molecular complexity index is 487.